The molecule has 0 fully saturated rings. The number of ether oxygens (including phenoxy) is 4. The fourth-order valence-corrected chi connectivity index (χ4v) is 5.33. The minimum absolute atomic E-state index is 0.207. The molecule has 0 aliphatic rings. The van der Waals surface area contributed by atoms with Crippen LogP contribution >= 0.6 is 0 Å². The van der Waals surface area contributed by atoms with Gasteiger partial charge in [0.25, 0.3) is 0 Å². The number of rotatable bonds is 22. The molecule has 0 amide bonds. The second kappa shape index (κ2) is 21.7. The van der Waals surface area contributed by atoms with Crippen LogP contribution in [0.4, 0.5) is 0 Å². The molecule has 0 radical (unpaired) electrons. The van der Waals surface area contributed by atoms with Crippen LogP contribution in [-0.4, -0.2) is 36.2 Å². The second-order valence-corrected chi connectivity index (χ2v) is 12.3. The Balaban J connectivity index is 1.02. The molecule has 0 unspecified atom stereocenters. The van der Waals surface area contributed by atoms with E-state index in [1.54, 1.807) is 72.8 Å². The SMILES string of the molecule is C=CCCCCCCCCC(=O)Oc1ccc(C(=O)OCCCCCCOc2ccc(C(=O)Oc3ccc(-c4ccc(O)cc4)cc3)cc2)cc1. The lowest BCUT2D eigenvalue weighted by atomic mass is 10.1. The number of carbonyl (C=O) groups is 3. The van der Waals surface area contributed by atoms with Gasteiger partial charge in [0.15, 0.2) is 0 Å². The van der Waals surface area contributed by atoms with Crippen LogP contribution in [0.15, 0.2) is 110 Å². The first-order valence-electron chi connectivity index (χ1n) is 17.8. The number of esters is 3. The molecule has 0 aliphatic carbocycles. The topological polar surface area (TPSA) is 108 Å². The highest BCUT2D eigenvalue weighted by atomic mass is 16.5. The van der Waals surface area contributed by atoms with Crippen LogP contribution in [0.5, 0.6) is 23.0 Å². The van der Waals surface area contributed by atoms with E-state index in [2.05, 4.69) is 6.58 Å². The quantitative estimate of drug-likeness (QED) is 0.0375. The summed E-state index contributed by atoms with van der Waals surface area (Å²) in [4.78, 5) is 37.1. The maximum Gasteiger partial charge on any atom is 0.343 e. The van der Waals surface area contributed by atoms with Crippen molar-refractivity contribution in [2.75, 3.05) is 13.2 Å². The van der Waals surface area contributed by atoms with Crippen molar-refractivity contribution in [1.82, 2.24) is 0 Å². The standard InChI is InChI=1S/C43H48O8/c1-2-3-4-5-6-7-8-11-14-41(45)50-39-29-21-35(22-30-39)42(46)49-32-13-10-9-12-31-48-38-25-19-36(20-26-38)43(47)51-40-27-17-34(18-28-40)33-15-23-37(44)24-16-33/h2,15-30,44H,1,3-14,31-32H2. The lowest BCUT2D eigenvalue weighted by Crippen LogP contribution is -2.09. The van der Waals surface area contributed by atoms with Gasteiger partial charge >= 0.3 is 17.9 Å². The van der Waals surface area contributed by atoms with Gasteiger partial charge in [0.1, 0.15) is 23.0 Å². The molecule has 8 nitrogen and oxygen atoms in total. The number of hydrogen-bond donors (Lipinski definition) is 1. The number of aromatic hydroxyl groups is 1. The Morgan fingerprint density at radius 3 is 1.67 bits per heavy atom. The minimum Gasteiger partial charge on any atom is -0.508 e. The van der Waals surface area contributed by atoms with Gasteiger partial charge in [-0.3, -0.25) is 4.79 Å². The van der Waals surface area contributed by atoms with Crippen LogP contribution < -0.4 is 14.2 Å². The highest BCUT2D eigenvalue weighted by molar-refractivity contribution is 5.91. The van der Waals surface area contributed by atoms with Crippen LogP contribution in [-0.2, 0) is 9.53 Å². The second-order valence-electron chi connectivity index (χ2n) is 12.3. The predicted molar refractivity (Wildman–Crippen MR) is 198 cm³/mol. The summed E-state index contributed by atoms with van der Waals surface area (Å²) < 4.78 is 22.1. The van der Waals surface area contributed by atoms with Crippen LogP contribution in [0.1, 0.15) is 97.8 Å². The zero-order chi connectivity index (χ0) is 36.1. The smallest absolute Gasteiger partial charge is 0.343 e. The molecular weight excluding hydrogens is 644 g/mol. The molecule has 268 valence electrons. The third-order valence-corrected chi connectivity index (χ3v) is 8.26. The van der Waals surface area contributed by atoms with E-state index in [-0.39, 0.29) is 11.7 Å². The first-order valence-corrected chi connectivity index (χ1v) is 17.8. The van der Waals surface area contributed by atoms with Gasteiger partial charge in [0.05, 0.1) is 24.3 Å². The molecular formula is C43H48O8. The molecule has 1 N–H and O–H groups in total. The van der Waals surface area contributed by atoms with Crippen molar-refractivity contribution >= 4 is 17.9 Å². The van der Waals surface area contributed by atoms with Crippen LogP contribution in [0, 0.1) is 0 Å². The Labute approximate surface area is 301 Å². The van der Waals surface area contributed by atoms with Gasteiger partial charge in [-0.15, -0.1) is 6.58 Å². The van der Waals surface area contributed by atoms with Crippen molar-refractivity contribution in [3.05, 3.63) is 121 Å². The lowest BCUT2D eigenvalue weighted by Gasteiger charge is -2.09. The van der Waals surface area contributed by atoms with E-state index >= 15 is 0 Å². The Hall–Kier alpha value is -5.37. The number of hydrogen-bond acceptors (Lipinski definition) is 8. The van der Waals surface area contributed by atoms with Crippen molar-refractivity contribution < 1.29 is 38.4 Å². The lowest BCUT2D eigenvalue weighted by molar-refractivity contribution is -0.134. The number of benzene rings is 4. The number of allylic oxidation sites excluding steroid dienone is 1. The zero-order valence-electron chi connectivity index (χ0n) is 29.2. The van der Waals surface area contributed by atoms with Gasteiger partial charge < -0.3 is 24.1 Å². The fourth-order valence-electron chi connectivity index (χ4n) is 5.33. The maximum absolute atomic E-state index is 12.6. The number of unbranched alkanes of at least 4 members (excludes halogenated alkanes) is 9. The maximum atomic E-state index is 12.6. The molecule has 4 aromatic rings. The monoisotopic (exact) mass is 692 g/mol. The number of phenolic OH excluding ortho intramolecular Hbond substituents is 1. The summed E-state index contributed by atoms with van der Waals surface area (Å²) in [5.74, 6) is 0.615. The molecule has 0 bridgehead atoms. The van der Waals surface area contributed by atoms with Crippen molar-refractivity contribution in [3.8, 4) is 34.1 Å². The van der Waals surface area contributed by atoms with Crippen LogP contribution in [0.3, 0.4) is 0 Å². The van der Waals surface area contributed by atoms with Crippen molar-refractivity contribution in [3.63, 3.8) is 0 Å². The summed E-state index contributed by atoms with van der Waals surface area (Å²) in [5, 5.41) is 9.47. The molecule has 8 heteroatoms. The third kappa shape index (κ3) is 14.2. The molecule has 0 atom stereocenters. The summed E-state index contributed by atoms with van der Waals surface area (Å²) in [6.45, 7) is 4.59. The van der Waals surface area contributed by atoms with E-state index in [1.807, 2.05) is 30.3 Å². The van der Waals surface area contributed by atoms with Gasteiger partial charge in [0, 0.05) is 6.42 Å². The molecule has 0 aromatic heterocycles. The van der Waals surface area contributed by atoms with Crippen molar-refractivity contribution in [1.29, 1.82) is 0 Å². The van der Waals surface area contributed by atoms with Crippen molar-refractivity contribution in [2.45, 2.75) is 77.0 Å². The molecule has 4 aromatic carbocycles. The summed E-state index contributed by atoms with van der Waals surface area (Å²) >= 11 is 0. The summed E-state index contributed by atoms with van der Waals surface area (Å²) in [7, 11) is 0. The van der Waals surface area contributed by atoms with Crippen molar-refractivity contribution in [2.24, 2.45) is 0 Å². The predicted octanol–water partition coefficient (Wildman–Crippen LogP) is 10.3. The summed E-state index contributed by atoms with van der Waals surface area (Å²) in [6.07, 6.45) is 13.3. The van der Waals surface area contributed by atoms with E-state index in [0.29, 0.717) is 48.0 Å². The molecule has 0 spiro atoms. The van der Waals surface area contributed by atoms with E-state index in [0.717, 1.165) is 62.5 Å². The average molecular weight is 693 g/mol. The first kappa shape index (κ1) is 38.4. The molecule has 51 heavy (non-hydrogen) atoms. The summed E-state index contributed by atoms with van der Waals surface area (Å²) in [5.41, 5.74) is 2.73. The largest absolute Gasteiger partial charge is 0.508 e. The Morgan fingerprint density at radius 2 is 1.02 bits per heavy atom. The Bertz CT molecular complexity index is 1640. The zero-order valence-corrected chi connectivity index (χ0v) is 29.2. The van der Waals surface area contributed by atoms with Gasteiger partial charge in [0.2, 0.25) is 0 Å². The normalized spacial score (nSPS) is 10.7. The molecule has 0 heterocycles. The highest BCUT2D eigenvalue weighted by Gasteiger charge is 2.11. The average Bonchev–Trinajstić information content (AvgIpc) is 3.15. The van der Waals surface area contributed by atoms with E-state index in [4.69, 9.17) is 18.9 Å². The van der Waals surface area contributed by atoms with Gasteiger partial charge in [-0.2, -0.15) is 0 Å². The molecule has 0 saturated carbocycles. The van der Waals surface area contributed by atoms with Gasteiger partial charge in [-0.1, -0.05) is 56.0 Å². The Kier molecular flexibility index (Phi) is 16.3. The van der Waals surface area contributed by atoms with E-state index in [1.165, 1.54) is 19.3 Å². The van der Waals surface area contributed by atoms with Gasteiger partial charge in [-0.05, 0) is 129 Å². The molecule has 4 rings (SSSR count). The van der Waals surface area contributed by atoms with Gasteiger partial charge in [-0.25, -0.2) is 9.59 Å². The molecule has 0 aliphatic heterocycles. The third-order valence-electron chi connectivity index (χ3n) is 8.26. The van der Waals surface area contributed by atoms with E-state index < -0.39 is 11.9 Å². The fraction of sp³-hybridized carbons (Fsp3) is 0.326. The van der Waals surface area contributed by atoms with Crippen LogP contribution in [0.25, 0.3) is 11.1 Å². The minimum atomic E-state index is -0.458. The number of phenols is 1. The highest BCUT2D eigenvalue weighted by Crippen LogP contribution is 2.25. The number of carbonyl (C=O) groups excluding carboxylic acids is 3. The van der Waals surface area contributed by atoms with E-state index in [9.17, 15) is 19.5 Å². The first-order chi connectivity index (χ1) is 24.9. The molecule has 0 saturated heterocycles. The Morgan fingerprint density at radius 1 is 0.529 bits per heavy atom. The van der Waals surface area contributed by atoms with Crippen LogP contribution in [0.2, 0.25) is 0 Å². The summed E-state index contributed by atoms with van der Waals surface area (Å²) in [6, 6.07) is 27.4.